The van der Waals surface area contributed by atoms with Crippen LogP contribution in [-0.4, -0.2) is 65.3 Å². The van der Waals surface area contributed by atoms with Gasteiger partial charge in [0, 0.05) is 36.9 Å². The lowest BCUT2D eigenvalue weighted by atomic mass is 10.1. The summed E-state index contributed by atoms with van der Waals surface area (Å²) in [6.07, 6.45) is 8.21. The van der Waals surface area contributed by atoms with Crippen molar-refractivity contribution in [3.63, 3.8) is 0 Å². The molecule has 10 nitrogen and oxygen atoms in total. The molecule has 2 aliphatic rings. The highest BCUT2D eigenvalue weighted by molar-refractivity contribution is 5.67. The van der Waals surface area contributed by atoms with Crippen LogP contribution in [0.5, 0.6) is 5.75 Å². The van der Waals surface area contributed by atoms with Crippen molar-refractivity contribution in [2.45, 2.75) is 63.5 Å². The molecule has 0 atom stereocenters. The van der Waals surface area contributed by atoms with Gasteiger partial charge in [-0.05, 0) is 37.8 Å². The number of likely N-dealkylation sites (tertiary alicyclic amines) is 1. The third kappa shape index (κ3) is 6.83. The van der Waals surface area contributed by atoms with Gasteiger partial charge in [-0.15, -0.1) is 0 Å². The van der Waals surface area contributed by atoms with Crippen LogP contribution in [0.4, 0.5) is 32.7 Å². The fourth-order valence-corrected chi connectivity index (χ4v) is 4.56. The topological polar surface area (TPSA) is 114 Å². The number of nitrogens with one attached hydrogen (secondary N) is 3. The van der Waals surface area contributed by atoms with Crippen LogP contribution in [0.2, 0.25) is 0 Å². The number of hydrogen-bond donors (Lipinski definition) is 3. The number of ether oxygens (including phenoxy) is 2. The van der Waals surface area contributed by atoms with Crippen LogP contribution in [0.15, 0.2) is 18.2 Å². The van der Waals surface area contributed by atoms with Crippen LogP contribution in [0.3, 0.4) is 0 Å². The number of halogens is 1. The van der Waals surface area contributed by atoms with E-state index >= 15 is 0 Å². The van der Waals surface area contributed by atoms with E-state index < -0.39 is 5.82 Å². The first-order chi connectivity index (χ1) is 17.0. The summed E-state index contributed by atoms with van der Waals surface area (Å²) in [5.74, 6) is 0.929. The monoisotopic (exact) mass is 487 g/mol. The zero-order valence-electron chi connectivity index (χ0n) is 20.3. The Hall–Kier alpha value is -3.37. The molecule has 1 aliphatic carbocycles. The lowest BCUT2D eigenvalue weighted by Gasteiger charge is -2.31. The quantitative estimate of drug-likeness (QED) is 0.484. The van der Waals surface area contributed by atoms with Crippen molar-refractivity contribution >= 4 is 29.6 Å². The third-order valence-electron chi connectivity index (χ3n) is 6.49. The first-order valence-electron chi connectivity index (χ1n) is 12.3. The first-order valence-corrected chi connectivity index (χ1v) is 12.3. The van der Waals surface area contributed by atoms with Gasteiger partial charge in [0.1, 0.15) is 0 Å². The highest BCUT2D eigenvalue weighted by Crippen LogP contribution is 2.25. The van der Waals surface area contributed by atoms with Gasteiger partial charge in [0.05, 0.1) is 14.2 Å². The van der Waals surface area contributed by atoms with E-state index in [1.807, 2.05) is 0 Å². The second-order valence-corrected chi connectivity index (χ2v) is 8.99. The second kappa shape index (κ2) is 11.9. The van der Waals surface area contributed by atoms with Crippen molar-refractivity contribution < 1.29 is 18.7 Å². The number of nitrogens with zero attached hydrogens (tertiary/aromatic N) is 4. The van der Waals surface area contributed by atoms with E-state index in [1.165, 1.54) is 46.0 Å². The molecule has 0 unspecified atom stereocenters. The van der Waals surface area contributed by atoms with Crippen LogP contribution in [0.25, 0.3) is 0 Å². The highest BCUT2D eigenvalue weighted by Gasteiger charge is 2.24. The van der Waals surface area contributed by atoms with Crippen LogP contribution in [0.1, 0.15) is 51.4 Å². The molecule has 1 amide bonds. The lowest BCUT2D eigenvalue weighted by Crippen LogP contribution is -2.42. The van der Waals surface area contributed by atoms with Gasteiger partial charge in [-0.2, -0.15) is 15.0 Å². The summed E-state index contributed by atoms with van der Waals surface area (Å²) < 4.78 is 24.0. The van der Waals surface area contributed by atoms with Crippen molar-refractivity contribution in [2.75, 3.05) is 43.3 Å². The molecule has 1 saturated heterocycles. The number of benzene rings is 1. The van der Waals surface area contributed by atoms with Gasteiger partial charge in [0.2, 0.25) is 17.8 Å². The van der Waals surface area contributed by atoms with Gasteiger partial charge in [-0.25, -0.2) is 9.18 Å². The molecule has 2 fully saturated rings. The van der Waals surface area contributed by atoms with Crippen molar-refractivity contribution in [2.24, 2.45) is 0 Å². The largest absolute Gasteiger partial charge is 0.494 e. The minimum atomic E-state index is -0.473. The predicted octanol–water partition coefficient (Wildman–Crippen LogP) is 4.54. The average molecular weight is 488 g/mol. The Bertz CT molecular complexity index is 993. The molecular weight excluding hydrogens is 453 g/mol. The summed E-state index contributed by atoms with van der Waals surface area (Å²) in [5.41, 5.74) is 0.507. The van der Waals surface area contributed by atoms with Crippen LogP contribution < -0.4 is 20.7 Å². The van der Waals surface area contributed by atoms with Gasteiger partial charge in [0.15, 0.2) is 11.6 Å². The molecule has 35 heavy (non-hydrogen) atoms. The number of hydrogen-bond acceptors (Lipinski definition) is 9. The van der Waals surface area contributed by atoms with Gasteiger partial charge >= 0.3 is 6.09 Å². The summed E-state index contributed by atoms with van der Waals surface area (Å²) in [7, 11) is 2.82. The predicted molar refractivity (Wildman–Crippen MR) is 132 cm³/mol. The van der Waals surface area contributed by atoms with Crippen LogP contribution >= 0.6 is 0 Å². The molecule has 2 heterocycles. The molecule has 0 bridgehead atoms. The zero-order chi connectivity index (χ0) is 24.6. The van der Waals surface area contributed by atoms with Gasteiger partial charge in [-0.3, -0.25) is 0 Å². The smallest absolute Gasteiger partial charge is 0.409 e. The Balaban J connectivity index is 1.50. The van der Waals surface area contributed by atoms with E-state index in [1.54, 1.807) is 17.0 Å². The van der Waals surface area contributed by atoms with Crippen molar-refractivity contribution in [1.29, 1.82) is 0 Å². The normalized spacial score (nSPS) is 17.4. The van der Waals surface area contributed by atoms with E-state index in [9.17, 15) is 9.18 Å². The zero-order valence-corrected chi connectivity index (χ0v) is 20.3. The molecule has 190 valence electrons. The molecule has 1 aromatic carbocycles. The van der Waals surface area contributed by atoms with Crippen LogP contribution in [-0.2, 0) is 4.74 Å². The lowest BCUT2D eigenvalue weighted by molar-refractivity contribution is 0.113. The minimum absolute atomic E-state index is 0.107. The fourth-order valence-electron chi connectivity index (χ4n) is 4.56. The molecule has 4 rings (SSSR count). The summed E-state index contributed by atoms with van der Waals surface area (Å²) in [5, 5.41) is 9.95. The van der Waals surface area contributed by atoms with Gasteiger partial charge in [-0.1, -0.05) is 25.7 Å². The van der Waals surface area contributed by atoms with E-state index in [2.05, 4.69) is 30.9 Å². The Morgan fingerprint density at radius 3 is 2.09 bits per heavy atom. The molecule has 11 heteroatoms. The number of carbonyl (C=O) groups is 1. The number of rotatable bonds is 7. The number of carbonyl (C=O) groups excluding carboxylic acids is 1. The number of amides is 1. The standard InChI is InChI=1S/C24H34FN7O3/c1-34-20-10-9-18(15-19(20)25)28-23-30-21(26-16-7-5-3-4-6-8-16)29-22(31-23)27-17-11-13-32(14-12-17)24(33)35-2/h9-10,15-17H,3-8,11-14H2,1-2H3,(H3,26,27,28,29,30,31). The molecule has 1 saturated carbocycles. The van der Waals surface area contributed by atoms with Crippen molar-refractivity contribution in [3.05, 3.63) is 24.0 Å². The maximum absolute atomic E-state index is 14.2. The Morgan fingerprint density at radius 2 is 1.51 bits per heavy atom. The summed E-state index contributed by atoms with van der Waals surface area (Å²) in [4.78, 5) is 27.2. The SMILES string of the molecule is COC(=O)N1CCC(Nc2nc(Nc3ccc(OC)c(F)c3)nc(NC3CCCCCC3)n2)CC1. The molecule has 2 aromatic rings. The molecular formula is C24H34FN7O3. The number of anilines is 4. The number of methoxy groups -OCH3 is 2. The Morgan fingerprint density at radius 1 is 0.914 bits per heavy atom. The maximum Gasteiger partial charge on any atom is 0.409 e. The fraction of sp³-hybridized carbons (Fsp3) is 0.583. The van der Waals surface area contributed by atoms with E-state index in [0.29, 0.717) is 42.7 Å². The Labute approximate surface area is 205 Å². The summed E-state index contributed by atoms with van der Waals surface area (Å²) in [6.45, 7) is 1.19. The number of piperidine rings is 1. The Kier molecular flexibility index (Phi) is 8.38. The summed E-state index contributed by atoms with van der Waals surface area (Å²) >= 11 is 0. The van der Waals surface area contributed by atoms with E-state index in [-0.39, 0.29) is 17.9 Å². The van der Waals surface area contributed by atoms with Crippen molar-refractivity contribution in [1.82, 2.24) is 19.9 Å². The van der Waals surface area contributed by atoms with Gasteiger partial charge in [0.25, 0.3) is 0 Å². The van der Waals surface area contributed by atoms with E-state index in [0.717, 1.165) is 25.7 Å². The highest BCUT2D eigenvalue weighted by atomic mass is 19.1. The molecule has 3 N–H and O–H groups in total. The molecule has 1 aliphatic heterocycles. The summed E-state index contributed by atoms with van der Waals surface area (Å²) in [6, 6.07) is 5.02. The van der Waals surface area contributed by atoms with Crippen LogP contribution in [0, 0.1) is 5.82 Å². The minimum Gasteiger partial charge on any atom is -0.494 e. The van der Waals surface area contributed by atoms with E-state index in [4.69, 9.17) is 9.47 Å². The second-order valence-electron chi connectivity index (χ2n) is 8.99. The first kappa shape index (κ1) is 24.7. The third-order valence-corrected chi connectivity index (χ3v) is 6.49. The number of aromatic nitrogens is 3. The molecule has 0 radical (unpaired) electrons. The average Bonchev–Trinajstić information content (AvgIpc) is 3.13. The molecule has 0 spiro atoms. The van der Waals surface area contributed by atoms with Gasteiger partial charge < -0.3 is 30.3 Å². The maximum atomic E-state index is 14.2. The molecule has 1 aromatic heterocycles. The van der Waals surface area contributed by atoms with Crippen molar-refractivity contribution in [3.8, 4) is 5.75 Å².